The molecule has 0 bridgehead atoms. The van der Waals surface area contributed by atoms with Gasteiger partial charge in [-0.15, -0.1) is 0 Å². The number of rotatable bonds is 7. The molecule has 1 heterocycles. The topological polar surface area (TPSA) is 110 Å². The fourth-order valence-corrected chi connectivity index (χ4v) is 3.27. The Hall–Kier alpha value is -2.36. The third kappa shape index (κ3) is 5.31. The van der Waals surface area contributed by atoms with Crippen molar-refractivity contribution in [2.45, 2.75) is 24.8 Å². The summed E-state index contributed by atoms with van der Waals surface area (Å²) in [5.74, 6) is -0.421. The van der Waals surface area contributed by atoms with Crippen molar-refractivity contribution in [3.63, 3.8) is 0 Å². The Morgan fingerprint density at radius 1 is 1.20 bits per heavy atom. The number of hydrogen-bond acceptors (Lipinski definition) is 6. The molecule has 1 aromatic carbocycles. The highest BCUT2D eigenvalue weighted by Gasteiger charge is 2.17. The van der Waals surface area contributed by atoms with E-state index >= 15 is 0 Å². The number of amides is 1. The van der Waals surface area contributed by atoms with E-state index in [9.17, 15) is 13.2 Å². The van der Waals surface area contributed by atoms with E-state index in [0.29, 0.717) is 11.4 Å². The maximum Gasteiger partial charge on any atom is 0.275 e. The number of aryl methyl sites for hydroxylation is 1. The Morgan fingerprint density at radius 2 is 1.88 bits per heavy atom. The van der Waals surface area contributed by atoms with Crippen molar-refractivity contribution in [2.24, 2.45) is 0 Å². The zero-order chi connectivity index (χ0) is 18.4. The first-order valence-electron chi connectivity index (χ1n) is 7.53. The summed E-state index contributed by atoms with van der Waals surface area (Å²) < 4.78 is 31.9. The molecule has 0 saturated heterocycles. The quantitative estimate of drug-likeness (QED) is 0.767. The number of sulfonamides is 1. The monoisotopic (exact) mass is 364 g/mol. The molecule has 0 radical (unpaired) electrons. The number of nitrogens with one attached hydrogen (secondary N) is 2. The minimum Gasteiger partial charge on any atom is -0.383 e. The van der Waals surface area contributed by atoms with Crippen molar-refractivity contribution in [3.05, 3.63) is 48.0 Å². The number of anilines is 1. The second-order valence-corrected chi connectivity index (χ2v) is 7.21. The summed E-state index contributed by atoms with van der Waals surface area (Å²) in [5.41, 5.74) is 1.34. The van der Waals surface area contributed by atoms with Crippen LogP contribution in [-0.2, 0) is 14.8 Å². The molecule has 0 fully saturated rings. The van der Waals surface area contributed by atoms with E-state index in [1.165, 1.54) is 43.8 Å². The number of benzene rings is 1. The van der Waals surface area contributed by atoms with Crippen LogP contribution in [0.15, 0.2) is 41.6 Å². The molecular weight excluding hydrogens is 344 g/mol. The van der Waals surface area contributed by atoms with Gasteiger partial charge >= 0.3 is 0 Å². The van der Waals surface area contributed by atoms with E-state index in [-0.39, 0.29) is 23.2 Å². The molecule has 0 spiro atoms. The molecule has 2 rings (SSSR count). The Kier molecular flexibility index (Phi) is 6.18. The first-order chi connectivity index (χ1) is 11.8. The second kappa shape index (κ2) is 8.15. The molecule has 0 saturated carbocycles. The van der Waals surface area contributed by atoms with Gasteiger partial charge in [0.2, 0.25) is 10.0 Å². The highest BCUT2D eigenvalue weighted by Crippen LogP contribution is 2.15. The molecule has 25 heavy (non-hydrogen) atoms. The zero-order valence-corrected chi connectivity index (χ0v) is 15.0. The minimum absolute atomic E-state index is 0.101. The third-order valence-corrected chi connectivity index (χ3v) is 4.81. The predicted molar refractivity (Wildman–Crippen MR) is 92.8 cm³/mol. The maximum atomic E-state index is 12.2. The number of carbonyl (C=O) groups is 1. The first kappa shape index (κ1) is 19.0. The van der Waals surface area contributed by atoms with E-state index in [0.717, 1.165) is 0 Å². The SMILES string of the molecule is COC[C@@H](C)NS(=O)(=O)c1ccc(NC(=O)c2cnc(C)cn2)cc1. The molecule has 2 aromatic rings. The molecule has 1 amide bonds. The van der Waals surface area contributed by atoms with Gasteiger partial charge in [-0.2, -0.15) is 0 Å². The summed E-state index contributed by atoms with van der Waals surface area (Å²) in [6, 6.07) is 5.50. The number of aromatic nitrogens is 2. The van der Waals surface area contributed by atoms with E-state index < -0.39 is 15.9 Å². The lowest BCUT2D eigenvalue weighted by Crippen LogP contribution is -2.35. The van der Waals surface area contributed by atoms with Crippen LogP contribution in [0.5, 0.6) is 0 Å². The van der Waals surface area contributed by atoms with Crippen LogP contribution in [0.2, 0.25) is 0 Å². The van der Waals surface area contributed by atoms with E-state index in [1.54, 1.807) is 13.8 Å². The van der Waals surface area contributed by atoms with Crippen LogP contribution in [0.1, 0.15) is 23.1 Å². The van der Waals surface area contributed by atoms with Crippen molar-refractivity contribution in [2.75, 3.05) is 19.0 Å². The molecule has 0 aliphatic carbocycles. The number of ether oxygens (including phenoxy) is 1. The van der Waals surface area contributed by atoms with Crippen LogP contribution in [0.25, 0.3) is 0 Å². The van der Waals surface area contributed by atoms with Gasteiger partial charge < -0.3 is 10.1 Å². The summed E-state index contributed by atoms with van der Waals surface area (Å²) in [5, 5.41) is 2.64. The van der Waals surface area contributed by atoms with Gasteiger partial charge in [0.25, 0.3) is 5.91 Å². The van der Waals surface area contributed by atoms with Gasteiger partial charge in [-0.3, -0.25) is 9.78 Å². The highest BCUT2D eigenvalue weighted by atomic mass is 32.2. The van der Waals surface area contributed by atoms with E-state index in [4.69, 9.17) is 4.74 Å². The molecule has 0 aliphatic heterocycles. The van der Waals surface area contributed by atoms with Crippen LogP contribution >= 0.6 is 0 Å². The zero-order valence-electron chi connectivity index (χ0n) is 14.2. The van der Waals surface area contributed by atoms with Gasteiger partial charge in [0.1, 0.15) is 5.69 Å². The van der Waals surface area contributed by atoms with Crippen molar-refractivity contribution < 1.29 is 17.9 Å². The lowest BCUT2D eigenvalue weighted by atomic mass is 10.3. The summed E-state index contributed by atoms with van der Waals surface area (Å²) in [6.45, 7) is 3.75. The Morgan fingerprint density at radius 3 is 2.44 bits per heavy atom. The molecule has 1 aromatic heterocycles. The Bertz CT molecular complexity index is 820. The van der Waals surface area contributed by atoms with Gasteiger partial charge in [-0.1, -0.05) is 0 Å². The molecule has 1 atom stereocenters. The molecule has 9 heteroatoms. The summed E-state index contributed by atoms with van der Waals surface area (Å²) in [4.78, 5) is 20.2. The van der Waals surface area contributed by atoms with Crippen LogP contribution < -0.4 is 10.0 Å². The Balaban J connectivity index is 2.06. The molecular formula is C16H20N4O4S. The molecule has 2 N–H and O–H groups in total. The fraction of sp³-hybridized carbons (Fsp3) is 0.312. The van der Waals surface area contributed by atoms with Gasteiger partial charge in [0.05, 0.1) is 23.4 Å². The highest BCUT2D eigenvalue weighted by molar-refractivity contribution is 7.89. The number of carbonyl (C=O) groups excluding carboxylic acids is 1. The number of methoxy groups -OCH3 is 1. The van der Waals surface area contributed by atoms with Crippen LogP contribution in [-0.4, -0.2) is 44.1 Å². The van der Waals surface area contributed by atoms with Crippen molar-refractivity contribution in [1.82, 2.24) is 14.7 Å². The smallest absolute Gasteiger partial charge is 0.275 e. The number of nitrogens with zero attached hydrogens (tertiary/aromatic N) is 2. The van der Waals surface area contributed by atoms with E-state index in [2.05, 4.69) is 20.0 Å². The molecule has 134 valence electrons. The van der Waals surface area contributed by atoms with Crippen LogP contribution in [0.3, 0.4) is 0 Å². The minimum atomic E-state index is -3.65. The molecule has 0 aliphatic rings. The van der Waals surface area contributed by atoms with Crippen molar-refractivity contribution in [3.8, 4) is 0 Å². The molecule has 8 nitrogen and oxygen atoms in total. The van der Waals surface area contributed by atoms with E-state index in [1.807, 2.05) is 0 Å². The lowest BCUT2D eigenvalue weighted by Gasteiger charge is -2.13. The van der Waals surface area contributed by atoms with Crippen LogP contribution in [0, 0.1) is 6.92 Å². The number of hydrogen-bond donors (Lipinski definition) is 2. The summed E-state index contributed by atoms with van der Waals surface area (Å²) in [6.07, 6.45) is 2.88. The average molecular weight is 364 g/mol. The molecule has 0 unspecified atom stereocenters. The van der Waals surface area contributed by atoms with Gasteiger partial charge in [-0.05, 0) is 38.1 Å². The summed E-state index contributed by atoms with van der Waals surface area (Å²) in [7, 11) is -2.15. The largest absolute Gasteiger partial charge is 0.383 e. The summed E-state index contributed by atoms with van der Waals surface area (Å²) >= 11 is 0. The maximum absolute atomic E-state index is 12.2. The second-order valence-electron chi connectivity index (χ2n) is 5.50. The first-order valence-corrected chi connectivity index (χ1v) is 9.01. The standard InChI is InChI=1S/C16H20N4O4S/c1-11-8-18-15(9-17-11)16(21)19-13-4-6-14(7-5-13)25(22,23)20-12(2)10-24-3/h4-9,12,20H,10H2,1-3H3,(H,19,21)/t12-/m1/s1. The third-order valence-electron chi connectivity index (χ3n) is 3.21. The average Bonchev–Trinajstić information content (AvgIpc) is 2.55. The van der Waals surface area contributed by atoms with Gasteiger partial charge in [0.15, 0.2) is 0 Å². The van der Waals surface area contributed by atoms with Crippen LogP contribution in [0.4, 0.5) is 5.69 Å². The van der Waals surface area contributed by atoms with Gasteiger partial charge in [0, 0.05) is 25.0 Å². The van der Waals surface area contributed by atoms with Crippen molar-refractivity contribution in [1.29, 1.82) is 0 Å². The lowest BCUT2D eigenvalue weighted by molar-refractivity contribution is 0.102. The van der Waals surface area contributed by atoms with Gasteiger partial charge in [-0.25, -0.2) is 18.1 Å². The normalized spacial score (nSPS) is 12.6. The fourth-order valence-electron chi connectivity index (χ4n) is 2.04. The Labute approximate surface area is 146 Å². The van der Waals surface area contributed by atoms with Crippen molar-refractivity contribution >= 4 is 21.6 Å². The predicted octanol–water partition coefficient (Wildman–Crippen LogP) is 1.35.